The molecule has 7 heteroatoms. The zero-order chi connectivity index (χ0) is 19.5. The Hall–Kier alpha value is -2.67. The van der Waals surface area contributed by atoms with E-state index in [1.807, 2.05) is 0 Å². The van der Waals surface area contributed by atoms with Crippen LogP contribution in [0.15, 0.2) is 59.5 Å². The molecule has 2 aliphatic carbocycles. The fraction of sp³-hybridized carbons (Fsp3) is 0.333. The van der Waals surface area contributed by atoms with Crippen molar-refractivity contribution in [2.45, 2.75) is 24.2 Å². The summed E-state index contributed by atoms with van der Waals surface area (Å²) in [5.41, 5.74) is 0.466. The van der Waals surface area contributed by atoms with E-state index in [4.69, 9.17) is 4.18 Å². The van der Waals surface area contributed by atoms with Crippen LogP contribution in [0.1, 0.15) is 19.3 Å². The van der Waals surface area contributed by atoms with Crippen molar-refractivity contribution in [2.24, 2.45) is 23.7 Å². The first kappa shape index (κ1) is 17.4. The predicted molar refractivity (Wildman–Crippen MR) is 101 cm³/mol. The van der Waals surface area contributed by atoms with Crippen LogP contribution in [0, 0.1) is 23.7 Å². The number of hydrogen-bond donors (Lipinski definition) is 0. The van der Waals surface area contributed by atoms with E-state index in [1.54, 1.807) is 30.3 Å². The van der Waals surface area contributed by atoms with Gasteiger partial charge >= 0.3 is 10.1 Å². The van der Waals surface area contributed by atoms with Gasteiger partial charge in [-0.05, 0) is 67.5 Å². The van der Waals surface area contributed by atoms with E-state index < -0.39 is 10.1 Å². The smallest absolute Gasteiger partial charge is 0.339 e. The summed E-state index contributed by atoms with van der Waals surface area (Å²) in [6.45, 7) is 0. The maximum atomic E-state index is 12.9. The molecule has 144 valence electrons. The monoisotopic (exact) mass is 397 g/mol. The first-order valence-corrected chi connectivity index (χ1v) is 10.8. The Bertz CT molecular complexity index is 1020. The van der Waals surface area contributed by atoms with Crippen molar-refractivity contribution >= 4 is 27.6 Å². The van der Waals surface area contributed by atoms with Crippen molar-refractivity contribution in [3.63, 3.8) is 0 Å². The third kappa shape index (κ3) is 2.57. The first-order chi connectivity index (χ1) is 13.5. The van der Waals surface area contributed by atoms with Gasteiger partial charge in [-0.3, -0.25) is 14.5 Å². The molecule has 28 heavy (non-hydrogen) atoms. The topological polar surface area (TPSA) is 80.8 Å². The molecule has 3 fully saturated rings. The molecular weight excluding hydrogens is 378 g/mol. The lowest BCUT2D eigenvalue weighted by Gasteiger charge is -2.19. The summed E-state index contributed by atoms with van der Waals surface area (Å²) in [7, 11) is -3.93. The molecule has 0 aromatic heterocycles. The number of imide groups is 1. The summed E-state index contributed by atoms with van der Waals surface area (Å²) in [6.07, 6.45) is 3.05. The molecule has 4 atom stereocenters. The van der Waals surface area contributed by atoms with Crippen LogP contribution in [-0.4, -0.2) is 20.2 Å². The summed E-state index contributed by atoms with van der Waals surface area (Å²) in [4.78, 5) is 27.1. The molecule has 2 aromatic carbocycles. The summed E-state index contributed by atoms with van der Waals surface area (Å²) in [5.74, 6) is 0.193. The lowest BCUT2D eigenvalue weighted by atomic mass is 9.81. The number of fused-ring (bicyclic) bond motifs is 5. The maximum absolute atomic E-state index is 12.9. The summed E-state index contributed by atoms with van der Waals surface area (Å²) < 4.78 is 29.8. The van der Waals surface area contributed by atoms with E-state index in [2.05, 4.69) is 0 Å². The highest BCUT2D eigenvalue weighted by atomic mass is 32.2. The Morgan fingerprint density at radius 2 is 1.39 bits per heavy atom. The molecule has 2 saturated carbocycles. The SMILES string of the molecule is O=C1[C@H]2[C@@H]3CC[C@H](C3)[C@@H]2C(=O)N1c1ccc(OS(=O)(=O)c2ccccc2)cc1. The molecule has 1 saturated heterocycles. The second-order valence-corrected chi connectivity index (χ2v) is 9.29. The number of nitrogens with zero attached hydrogens (tertiary/aromatic N) is 1. The molecular formula is C21H19NO5S. The quantitative estimate of drug-likeness (QED) is 0.585. The molecule has 2 aromatic rings. The summed E-state index contributed by atoms with van der Waals surface area (Å²) in [5, 5.41) is 0. The van der Waals surface area contributed by atoms with E-state index in [1.165, 1.54) is 29.2 Å². The molecule has 1 heterocycles. The number of carbonyl (C=O) groups excluding carboxylic acids is 2. The van der Waals surface area contributed by atoms with Crippen LogP contribution in [0.2, 0.25) is 0 Å². The first-order valence-electron chi connectivity index (χ1n) is 9.43. The van der Waals surface area contributed by atoms with Crippen LogP contribution in [0.25, 0.3) is 0 Å². The minimum Gasteiger partial charge on any atom is -0.379 e. The Labute approximate surface area is 163 Å². The molecule has 1 aliphatic heterocycles. The largest absolute Gasteiger partial charge is 0.379 e. The van der Waals surface area contributed by atoms with Crippen LogP contribution in [0.4, 0.5) is 5.69 Å². The van der Waals surface area contributed by atoms with Gasteiger partial charge in [-0.2, -0.15) is 8.42 Å². The second kappa shape index (κ2) is 6.17. The minimum atomic E-state index is -3.93. The fourth-order valence-electron chi connectivity index (χ4n) is 5.08. The van der Waals surface area contributed by atoms with Crippen LogP contribution in [0.3, 0.4) is 0 Å². The molecule has 0 unspecified atom stereocenters. The van der Waals surface area contributed by atoms with Gasteiger partial charge in [-0.15, -0.1) is 0 Å². The fourth-order valence-corrected chi connectivity index (χ4v) is 6.03. The van der Waals surface area contributed by atoms with E-state index in [9.17, 15) is 18.0 Å². The zero-order valence-corrected chi connectivity index (χ0v) is 15.8. The standard InChI is InChI=1S/C21H19NO5S/c23-20-18-13-6-7-14(12-13)19(18)21(24)22(20)15-8-10-16(11-9-15)27-28(25,26)17-4-2-1-3-5-17/h1-5,8-11,13-14,18-19H,6-7,12H2/t13-,14-,18+,19+/m1/s1. The van der Waals surface area contributed by atoms with Gasteiger partial charge in [0.2, 0.25) is 11.8 Å². The highest BCUT2D eigenvalue weighted by Crippen LogP contribution is 2.56. The molecule has 2 bridgehead atoms. The third-order valence-electron chi connectivity index (χ3n) is 6.26. The van der Waals surface area contributed by atoms with Gasteiger partial charge in [0.15, 0.2) is 0 Å². The lowest BCUT2D eigenvalue weighted by Crippen LogP contribution is -2.32. The number of carbonyl (C=O) groups is 2. The van der Waals surface area contributed by atoms with Crippen LogP contribution >= 0.6 is 0 Å². The van der Waals surface area contributed by atoms with E-state index >= 15 is 0 Å². The Morgan fingerprint density at radius 1 is 0.821 bits per heavy atom. The third-order valence-corrected chi connectivity index (χ3v) is 7.52. The van der Waals surface area contributed by atoms with Crippen LogP contribution in [0.5, 0.6) is 5.75 Å². The van der Waals surface area contributed by atoms with Gasteiger partial charge in [-0.25, -0.2) is 0 Å². The molecule has 0 N–H and O–H groups in total. The number of amides is 2. The number of anilines is 1. The van der Waals surface area contributed by atoms with E-state index in [0.29, 0.717) is 17.5 Å². The molecule has 6 nitrogen and oxygen atoms in total. The van der Waals surface area contributed by atoms with E-state index in [-0.39, 0.29) is 34.3 Å². The number of rotatable bonds is 4. The minimum absolute atomic E-state index is 0.0623. The van der Waals surface area contributed by atoms with Crippen LogP contribution < -0.4 is 9.08 Å². The predicted octanol–water partition coefficient (Wildman–Crippen LogP) is 2.99. The lowest BCUT2D eigenvalue weighted by molar-refractivity contribution is -0.123. The van der Waals surface area contributed by atoms with Crippen molar-refractivity contribution in [2.75, 3.05) is 4.90 Å². The highest BCUT2D eigenvalue weighted by molar-refractivity contribution is 7.87. The zero-order valence-electron chi connectivity index (χ0n) is 15.0. The normalized spacial score (nSPS) is 28.6. The van der Waals surface area contributed by atoms with Crippen molar-refractivity contribution in [1.82, 2.24) is 0 Å². The maximum Gasteiger partial charge on any atom is 0.339 e. The van der Waals surface area contributed by atoms with E-state index in [0.717, 1.165) is 19.3 Å². The van der Waals surface area contributed by atoms with Gasteiger partial charge in [0.1, 0.15) is 10.6 Å². The molecule has 0 radical (unpaired) electrons. The number of hydrogen-bond acceptors (Lipinski definition) is 5. The second-order valence-electron chi connectivity index (χ2n) is 7.74. The van der Waals surface area contributed by atoms with Crippen molar-refractivity contribution in [3.8, 4) is 5.75 Å². The molecule has 2 amide bonds. The summed E-state index contributed by atoms with van der Waals surface area (Å²) >= 11 is 0. The highest BCUT2D eigenvalue weighted by Gasteiger charge is 2.61. The average molecular weight is 397 g/mol. The van der Waals surface area contributed by atoms with Crippen molar-refractivity contribution in [1.29, 1.82) is 0 Å². The van der Waals surface area contributed by atoms with Crippen molar-refractivity contribution in [3.05, 3.63) is 54.6 Å². The van der Waals surface area contributed by atoms with Gasteiger partial charge in [0.05, 0.1) is 17.5 Å². The average Bonchev–Trinajstić information content (AvgIpc) is 3.37. The summed E-state index contributed by atoms with van der Waals surface area (Å²) in [6, 6.07) is 13.9. The molecule has 3 aliphatic rings. The number of benzene rings is 2. The van der Waals surface area contributed by atoms with Gasteiger partial charge in [0.25, 0.3) is 0 Å². The van der Waals surface area contributed by atoms with Gasteiger partial charge in [-0.1, -0.05) is 18.2 Å². The van der Waals surface area contributed by atoms with Gasteiger partial charge < -0.3 is 4.18 Å². The molecule has 0 spiro atoms. The van der Waals surface area contributed by atoms with Crippen molar-refractivity contribution < 1.29 is 22.2 Å². The Kier molecular flexibility index (Phi) is 3.84. The van der Waals surface area contributed by atoms with Gasteiger partial charge in [0, 0.05) is 0 Å². The molecule has 5 rings (SSSR count). The van der Waals surface area contributed by atoms with Crippen LogP contribution in [-0.2, 0) is 19.7 Å². The Balaban J connectivity index is 1.37. The Morgan fingerprint density at radius 3 is 1.96 bits per heavy atom.